The molecular weight excluding hydrogens is 826 g/mol. The fourth-order valence-electron chi connectivity index (χ4n) is 7.17. The molecule has 0 radical (unpaired) electrons. The number of benzene rings is 6. The van der Waals surface area contributed by atoms with Crippen molar-refractivity contribution in [1.29, 1.82) is 0 Å². The smallest absolute Gasteiger partial charge is 0.333 e. The van der Waals surface area contributed by atoms with E-state index in [2.05, 4.69) is 0 Å². The van der Waals surface area contributed by atoms with Crippen LogP contribution in [0.25, 0.3) is 0 Å². The van der Waals surface area contributed by atoms with Crippen LogP contribution in [-0.4, -0.2) is 35.6 Å². The minimum atomic E-state index is -5.05. The van der Waals surface area contributed by atoms with Crippen molar-refractivity contribution in [2.24, 2.45) is 0 Å². The van der Waals surface area contributed by atoms with Crippen LogP contribution in [-0.2, 0) is 70.9 Å². The van der Waals surface area contributed by atoms with Crippen molar-refractivity contribution in [1.82, 2.24) is 0 Å². The highest BCUT2D eigenvalue weighted by Gasteiger charge is 2.53. The van der Waals surface area contributed by atoms with Crippen molar-refractivity contribution in [3.63, 3.8) is 0 Å². The van der Waals surface area contributed by atoms with Gasteiger partial charge >= 0.3 is 7.82 Å². The number of alkyl halides is 3. The Morgan fingerprint density at radius 1 is 0.322 bits per heavy atom. The van der Waals surface area contributed by atoms with Crippen molar-refractivity contribution < 1.29 is 32.3 Å². The largest absolute Gasteiger partial charge is 0.482 e. The van der Waals surface area contributed by atoms with E-state index >= 15 is 4.57 Å². The summed E-state index contributed by atoms with van der Waals surface area (Å²) in [4.78, 5) is 0. The normalized spacial score (nSPS) is 12.4. The third-order valence-electron chi connectivity index (χ3n) is 9.69. The van der Waals surface area contributed by atoms with E-state index in [4.69, 9.17) is 62.6 Å². The minimum Gasteiger partial charge on any atom is -0.333 e. The van der Waals surface area contributed by atoms with Gasteiger partial charge in [-0.3, -0.25) is 13.6 Å². The molecule has 0 aromatic heterocycles. The summed E-state index contributed by atoms with van der Waals surface area (Å²) in [5.41, 5.74) is 4.97. The molecule has 0 amide bonds. The van der Waals surface area contributed by atoms with Gasteiger partial charge in [-0.1, -0.05) is 217 Å². The molecule has 0 aliphatic carbocycles. The number of hydrogen-bond acceptors (Lipinski definition) is 7. The van der Waals surface area contributed by atoms with Gasteiger partial charge in [-0.25, -0.2) is 4.57 Å². The van der Waals surface area contributed by atoms with Crippen molar-refractivity contribution in [2.45, 2.75) is 55.9 Å². The highest BCUT2D eigenvalue weighted by molar-refractivity contribution is 7.48. The highest BCUT2D eigenvalue weighted by Crippen LogP contribution is 2.61. The SMILES string of the molecule is O=P(OC(Cc1ccccc1)(Cc1ccccc1)OCCl)(OC(Cc1ccccc1)(Cc1ccccc1)OCCl)OC(Cc1ccccc1)(Cc1ccccc1)OCCl. The Bertz CT molecular complexity index is 1770. The molecule has 308 valence electrons. The van der Waals surface area contributed by atoms with Crippen molar-refractivity contribution in [3.05, 3.63) is 215 Å². The lowest BCUT2D eigenvalue weighted by Crippen LogP contribution is -2.47. The molecular formula is C48H48Cl3O7P. The number of phosphoric acid groups is 1. The predicted molar refractivity (Wildman–Crippen MR) is 235 cm³/mol. The molecule has 0 fully saturated rings. The van der Waals surface area contributed by atoms with Crippen LogP contribution in [0, 0.1) is 0 Å². The summed E-state index contributed by atoms with van der Waals surface area (Å²) in [6, 6.07) is 56.7. The first-order chi connectivity index (χ1) is 28.8. The molecule has 0 aliphatic rings. The summed E-state index contributed by atoms with van der Waals surface area (Å²) < 4.78 is 56.8. The standard InChI is InChI=1S/C48H48Cl3O7P/c49-37-53-46(31-40-19-7-1-8-20-40,32-41-21-9-2-10-22-41)56-59(52,57-47(54-38-50,33-42-23-11-3-12-24-42)34-43-25-13-4-14-26-43)58-48(55-39-51,35-44-27-15-5-16-28-44)36-45-29-17-6-18-30-45/h1-30H,31-39H2. The number of halogens is 3. The fraction of sp³-hybridized carbons (Fsp3) is 0.250. The Kier molecular flexibility index (Phi) is 16.8. The quantitative estimate of drug-likeness (QED) is 0.0341. The van der Waals surface area contributed by atoms with Crippen LogP contribution in [0.5, 0.6) is 0 Å². The van der Waals surface area contributed by atoms with Crippen LogP contribution < -0.4 is 0 Å². The van der Waals surface area contributed by atoms with E-state index in [1.54, 1.807) is 0 Å². The molecule has 59 heavy (non-hydrogen) atoms. The number of hydrogen-bond donors (Lipinski definition) is 0. The first-order valence-electron chi connectivity index (χ1n) is 19.3. The Balaban J connectivity index is 1.57. The Morgan fingerprint density at radius 2 is 0.492 bits per heavy atom. The van der Waals surface area contributed by atoms with Crippen LogP contribution in [0.2, 0.25) is 0 Å². The molecule has 0 N–H and O–H groups in total. The van der Waals surface area contributed by atoms with E-state index in [0.717, 1.165) is 33.4 Å². The summed E-state index contributed by atoms with van der Waals surface area (Å²) in [7, 11) is -5.05. The van der Waals surface area contributed by atoms with Crippen LogP contribution in [0.3, 0.4) is 0 Å². The Morgan fingerprint density at radius 3 is 0.644 bits per heavy atom. The molecule has 7 nitrogen and oxygen atoms in total. The van der Waals surface area contributed by atoms with E-state index in [0.29, 0.717) is 0 Å². The first kappa shape index (κ1) is 44.7. The molecule has 6 rings (SSSR count). The molecule has 0 aliphatic heterocycles. The number of phosphoric ester groups is 1. The monoisotopic (exact) mass is 872 g/mol. The summed E-state index contributed by atoms with van der Waals surface area (Å²) >= 11 is 19.5. The van der Waals surface area contributed by atoms with Gasteiger partial charge in [0.25, 0.3) is 0 Å². The molecule has 0 unspecified atom stereocenters. The maximum absolute atomic E-state index is 16.6. The Labute approximate surface area is 362 Å². The Hall–Kier alpha value is -3.82. The number of ether oxygens (including phenoxy) is 3. The zero-order valence-corrected chi connectivity index (χ0v) is 35.8. The second-order valence-electron chi connectivity index (χ2n) is 14.2. The second-order valence-corrected chi connectivity index (χ2v) is 16.3. The third kappa shape index (κ3) is 13.6. The van der Waals surface area contributed by atoms with Gasteiger partial charge in [-0.15, -0.1) is 0 Å². The fourth-order valence-corrected chi connectivity index (χ4v) is 9.65. The lowest BCUT2D eigenvalue weighted by molar-refractivity contribution is -0.244. The molecule has 0 saturated heterocycles. The highest BCUT2D eigenvalue weighted by atomic mass is 35.5. The first-order valence-corrected chi connectivity index (χ1v) is 22.4. The van der Waals surface area contributed by atoms with Gasteiger partial charge in [0, 0.05) is 38.5 Å². The molecule has 11 heteroatoms. The van der Waals surface area contributed by atoms with Crippen LogP contribution in [0.15, 0.2) is 182 Å². The maximum atomic E-state index is 16.6. The third-order valence-corrected chi connectivity index (χ3v) is 11.7. The summed E-state index contributed by atoms with van der Waals surface area (Å²) in [6.07, 6.45) is 0.629. The molecule has 6 aromatic carbocycles. The van der Waals surface area contributed by atoms with Gasteiger partial charge in [0.1, 0.15) is 18.2 Å². The summed E-state index contributed by atoms with van der Waals surface area (Å²) in [5, 5.41) is 0. The zero-order chi connectivity index (χ0) is 41.3. The molecule has 0 bridgehead atoms. The minimum absolute atomic E-state index is 0.105. The molecule has 0 spiro atoms. The topological polar surface area (TPSA) is 72.5 Å². The molecule has 0 heterocycles. The van der Waals surface area contributed by atoms with E-state index in [9.17, 15) is 0 Å². The summed E-state index contributed by atoms with van der Waals surface area (Å²) in [6.45, 7) is 0. The van der Waals surface area contributed by atoms with Gasteiger partial charge in [0.15, 0.2) is 17.4 Å². The van der Waals surface area contributed by atoms with E-state index in [1.165, 1.54) is 0 Å². The zero-order valence-electron chi connectivity index (χ0n) is 32.6. The van der Waals surface area contributed by atoms with Gasteiger partial charge in [-0.2, -0.15) is 0 Å². The van der Waals surface area contributed by atoms with Gasteiger partial charge in [-0.05, 0) is 33.4 Å². The van der Waals surface area contributed by atoms with E-state index in [1.807, 2.05) is 182 Å². The van der Waals surface area contributed by atoms with Crippen LogP contribution >= 0.6 is 42.6 Å². The maximum Gasteiger partial charge on any atom is 0.482 e. The second kappa shape index (κ2) is 22.1. The van der Waals surface area contributed by atoms with Gasteiger partial charge in [0.2, 0.25) is 0 Å². The van der Waals surface area contributed by atoms with Crippen molar-refractivity contribution in [2.75, 3.05) is 18.2 Å². The lowest BCUT2D eigenvalue weighted by Gasteiger charge is -2.43. The average molecular weight is 874 g/mol. The van der Waals surface area contributed by atoms with Crippen molar-refractivity contribution >= 4 is 42.6 Å². The predicted octanol–water partition coefficient (Wildman–Crippen LogP) is 12.3. The summed E-state index contributed by atoms with van der Waals surface area (Å²) in [5.74, 6) is -5.17. The molecule has 0 saturated carbocycles. The van der Waals surface area contributed by atoms with Gasteiger partial charge in [0.05, 0.1) is 0 Å². The lowest BCUT2D eigenvalue weighted by atomic mass is 9.98. The molecule has 6 aromatic rings. The van der Waals surface area contributed by atoms with Crippen LogP contribution in [0.1, 0.15) is 33.4 Å². The van der Waals surface area contributed by atoms with Gasteiger partial charge < -0.3 is 14.2 Å². The van der Waals surface area contributed by atoms with Crippen molar-refractivity contribution in [3.8, 4) is 0 Å². The van der Waals surface area contributed by atoms with E-state index < -0.39 is 25.2 Å². The van der Waals surface area contributed by atoms with E-state index in [-0.39, 0.29) is 56.7 Å². The average Bonchev–Trinajstić information content (AvgIpc) is 3.23. The molecule has 0 atom stereocenters. The number of rotatable bonds is 24. The van der Waals surface area contributed by atoms with Crippen LogP contribution in [0.4, 0.5) is 0 Å².